The van der Waals surface area contributed by atoms with Crippen molar-refractivity contribution in [1.82, 2.24) is 35.4 Å². The minimum Gasteiger partial charge on any atom is -0.481 e. The van der Waals surface area contributed by atoms with Gasteiger partial charge in [0, 0.05) is 36.6 Å². The van der Waals surface area contributed by atoms with Crippen molar-refractivity contribution in [2.75, 3.05) is 23.8 Å². The van der Waals surface area contributed by atoms with E-state index < -0.39 is 28.7 Å². The first-order chi connectivity index (χ1) is 15.8. The molecule has 2 aliphatic heterocycles. The lowest BCUT2D eigenvalue weighted by molar-refractivity contribution is -0.157. The largest absolute Gasteiger partial charge is 0.481 e. The number of thioether (sulfide) groups is 2. The number of halogens is 1. The fourth-order valence-electron chi connectivity index (χ4n) is 3.40. The van der Waals surface area contributed by atoms with E-state index in [1.807, 2.05) is 0 Å². The molecule has 0 bridgehead atoms. The summed E-state index contributed by atoms with van der Waals surface area (Å²) >= 11 is 3.62. The average molecular weight is 544 g/mol. The van der Waals surface area contributed by atoms with Crippen molar-refractivity contribution in [2.24, 2.45) is 12.5 Å². The van der Waals surface area contributed by atoms with Crippen LogP contribution in [0.4, 0.5) is 5.13 Å². The Morgan fingerprint density at radius 2 is 2.29 bits per heavy atom. The molecule has 2 aliphatic rings. The number of β-lactam (4-membered cyclic amide) rings is 1. The summed E-state index contributed by atoms with van der Waals surface area (Å²) in [6.07, 6.45) is 1.05. The highest BCUT2D eigenvalue weighted by molar-refractivity contribution is 8.00. The van der Waals surface area contributed by atoms with Crippen LogP contribution in [0.3, 0.4) is 0 Å². The molecule has 4 heterocycles. The maximum atomic E-state index is 12.8. The van der Waals surface area contributed by atoms with Gasteiger partial charge in [-0.1, -0.05) is 11.8 Å². The maximum absolute atomic E-state index is 12.8. The number of hydrogen-bond donors (Lipinski definition) is 3. The summed E-state index contributed by atoms with van der Waals surface area (Å²) in [5, 5.41) is 34.6. The van der Waals surface area contributed by atoms with Gasteiger partial charge < -0.3 is 21.1 Å². The van der Waals surface area contributed by atoms with Crippen molar-refractivity contribution >= 4 is 75.8 Å². The number of nitrogens with two attached hydrogens (primary N) is 1. The van der Waals surface area contributed by atoms with Crippen molar-refractivity contribution in [2.45, 2.75) is 16.6 Å². The maximum Gasteiger partial charge on any atom is 0.313 e. The van der Waals surface area contributed by atoms with E-state index in [1.165, 1.54) is 33.1 Å². The third-order valence-corrected chi connectivity index (χ3v) is 8.76. The number of carboxylic acid groups (broad SMARTS) is 1. The van der Waals surface area contributed by atoms with E-state index in [1.54, 1.807) is 18.5 Å². The molecular weight excluding hydrogens is 526 g/mol. The van der Waals surface area contributed by atoms with Crippen molar-refractivity contribution in [3.63, 3.8) is 0 Å². The number of aromatic nitrogens is 5. The van der Waals surface area contributed by atoms with E-state index in [9.17, 15) is 19.5 Å². The van der Waals surface area contributed by atoms with E-state index >= 15 is 0 Å². The van der Waals surface area contributed by atoms with Gasteiger partial charge in [-0.2, -0.15) is 5.26 Å². The summed E-state index contributed by atoms with van der Waals surface area (Å²) in [5.74, 6) is -1.61. The van der Waals surface area contributed by atoms with Crippen LogP contribution in [-0.2, 0) is 21.4 Å². The number of fused-ring (bicyclic) bond motifs is 1. The lowest BCUT2D eigenvalue weighted by Gasteiger charge is -2.53. The quantitative estimate of drug-likeness (QED) is 0.181. The Kier molecular flexibility index (Phi) is 7.70. The van der Waals surface area contributed by atoms with Gasteiger partial charge in [-0.25, -0.2) is 9.67 Å². The molecule has 2 aromatic rings. The zero-order valence-electron chi connectivity index (χ0n) is 17.4. The van der Waals surface area contributed by atoms with Gasteiger partial charge in [-0.15, -0.1) is 40.6 Å². The van der Waals surface area contributed by atoms with Crippen molar-refractivity contribution < 1.29 is 19.5 Å². The van der Waals surface area contributed by atoms with Crippen LogP contribution in [-0.4, -0.2) is 82.4 Å². The molecule has 34 heavy (non-hydrogen) atoms. The van der Waals surface area contributed by atoms with Crippen LogP contribution in [0.1, 0.15) is 5.69 Å². The summed E-state index contributed by atoms with van der Waals surface area (Å²) in [7, 11) is 1.66. The lowest BCUT2D eigenvalue weighted by atomic mass is 9.89. The van der Waals surface area contributed by atoms with E-state index in [-0.39, 0.29) is 52.8 Å². The predicted octanol–water partition coefficient (Wildman–Crippen LogP) is -0.159. The van der Waals surface area contributed by atoms with Crippen LogP contribution in [0.5, 0.6) is 0 Å². The number of amides is 2. The Morgan fingerprint density at radius 1 is 1.53 bits per heavy atom. The summed E-state index contributed by atoms with van der Waals surface area (Å²) < 4.78 is 1.45. The summed E-state index contributed by atoms with van der Waals surface area (Å²) in [6.45, 7) is 0.00694. The first-order valence-corrected chi connectivity index (χ1v) is 12.3. The zero-order chi connectivity index (χ0) is 23.8. The smallest absolute Gasteiger partial charge is 0.313 e. The molecule has 2 aromatic heterocycles. The van der Waals surface area contributed by atoms with Crippen LogP contribution in [0.25, 0.3) is 5.57 Å². The van der Waals surface area contributed by atoms with Crippen LogP contribution in [0, 0.1) is 16.7 Å². The molecule has 2 fully saturated rings. The molecule has 0 spiro atoms. The number of nitrogens with one attached hydrogen (secondary N) is 1. The number of nitrogens with zero attached hydrogens (tertiary/aromatic N) is 7. The normalized spacial score (nSPS) is 23.8. The molecular formula is C17H18ClN9O4S3. The first kappa shape index (κ1) is 25.7. The molecule has 3 atom stereocenters. The second kappa shape index (κ2) is 10.2. The van der Waals surface area contributed by atoms with Crippen LogP contribution < -0.4 is 11.1 Å². The number of carbonyl (C=O) groups is 3. The minimum absolute atomic E-state index is 0. The fraction of sp³-hybridized carbons (Fsp3) is 0.412. The molecule has 0 radical (unpaired) electrons. The number of rotatable bonds is 7. The zero-order valence-corrected chi connectivity index (χ0v) is 20.7. The van der Waals surface area contributed by atoms with Gasteiger partial charge in [0.2, 0.25) is 11.1 Å². The Hall–Kier alpha value is -2.87. The number of carbonyl (C=O) groups excluding carboxylic acids is 2. The Morgan fingerprint density at radius 3 is 2.88 bits per heavy atom. The molecule has 0 aromatic carbocycles. The highest BCUT2D eigenvalue weighted by Crippen LogP contribution is 2.44. The number of allylic oxidation sites excluding steroid dienone is 1. The number of nitrogen functional groups attached to an aromatic ring is 1. The SMILES string of the molecule is Cl.Cn1nnnc1SCC1(C(=O)O)CS[C@@H]2C(NC(=O)C(=CC#N)c3csc(N)n3)C(=O)N2C1. The van der Waals surface area contributed by atoms with Crippen molar-refractivity contribution in [1.29, 1.82) is 5.26 Å². The van der Waals surface area contributed by atoms with Gasteiger partial charge in [-0.3, -0.25) is 14.4 Å². The molecule has 0 saturated carbocycles. The van der Waals surface area contributed by atoms with Gasteiger partial charge in [-0.05, 0) is 10.4 Å². The van der Waals surface area contributed by atoms with E-state index in [0.717, 1.165) is 17.4 Å². The highest BCUT2D eigenvalue weighted by atomic mass is 35.5. The Labute approximate surface area is 211 Å². The molecule has 4 rings (SSSR count). The number of hydrogen-bond acceptors (Lipinski definition) is 12. The number of thiazole rings is 1. The number of nitriles is 1. The third kappa shape index (κ3) is 4.69. The monoisotopic (exact) mass is 543 g/mol. The summed E-state index contributed by atoms with van der Waals surface area (Å²) in [5.41, 5.74) is 4.68. The molecule has 0 aliphatic carbocycles. The van der Waals surface area contributed by atoms with Crippen LogP contribution >= 0.6 is 47.3 Å². The van der Waals surface area contributed by atoms with Gasteiger partial charge in [0.1, 0.15) is 16.8 Å². The molecule has 180 valence electrons. The Balaban J connectivity index is 0.00000324. The number of aryl methyl sites for hydroxylation is 1. The number of anilines is 1. The number of carboxylic acids is 1. The summed E-state index contributed by atoms with van der Waals surface area (Å²) in [4.78, 5) is 43.2. The molecule has 2 unspecified atom stereocenters. The highest BCUT2D eigenvalue weighted by Gasteiger charge is 2.57. The minimum atomic E-state index is -1.19. The van der Waals surface area contributed by atoms with Crippen molar-refractivity contribution in [3.05, 3.63) is 17.2 Å². The van der Waals surface area contributed by atoms with Gasteiger partial charge in [0.25, 0.3) is 5.91 Å². The number of tetrazole rings is 1. The standard InChI is InChI=1S/C17H17N9O4S3.ClH/c1-25-16(22-23-24-25)33-7-17(14(29)30)5-26-12(28)10(13(26)32-6-17)21-11(27)8(2-3-18)9-4-31-15(19)20-9;/h2,4,10,13H,5-7H2,1H3,(H2,19,20)(H,21,27)(H,29,30);1H/t10?,13-,17?;/m1./s1. The molecule has 2 saturated heterocycles. The van der Waals surface area contributed by atoms with Gasteiger partial charge >= 0.3 is 5.97 Å². The predicted molar refractivity (Wildman–Crippen MR) is 127 cm³/mol. The molecule has 13 nitrogen and oxygen atoms in total. The van der Waals surface area contributed by atoms with Gasteiger partial charge in [0.05, 0.1) is 17.3 Å². The van der Waals surface area contributed by atoms with Crippen LogP contribution in [0.15, 0.2) is 16.6 Å². The second-order valence-corrected chi connectivity index (χ2v) is 10.3. The molecule has 4 N–H and O–H groups in total. The topological polar surface area (TPSA) is 193 Å². The Bertz CT molecular complexity index is 1200. The molecule has 2 amide bonds. The fourth-order valence-corrected chi connectivity index (χ4v) is 6.68. The molecule has 17 heteroatoms. The van der Waals surface area contributed by atoms with E-state index in [4.69, 9.17) is 11.0 Å². The van der Waals surface area contributed by atoms with Gasteiger partial charge in [0.15, 0.2) is 5.13 Å². The van der Waals surface area contributed by atoms with Crippen LogP contribution in [0.2, 0.25) is 0 Å². The van der Waals surface area contributed by atoms with E-state index in [2.05, 4.69) is 25.8 Å². The first-order valence-electron chi connectivity index (χ1n) is 9.38. The average Bonchev–Trinajstić information content (AvgIpc) is 3.41. The number of aliphatic carboxylic acids is 1. The second-order valence-electron chi connectivity index (χ2n) is 7.34. The van der Waals surface area contributed by atoms with E-state index in [0.29, 0.717) is 5.16 Å². The summed E-state index contributed by atoms with van der Waals surface area (Å²) in [6, 6.07) is 0.972. The van der Waals surface area contributed by atoms with Crippen molar-refractivity contribution in [3.8, 4) is 6.07 Å². The lowest BCUT2D eigenvalue weighted by Crippen LogP contribution is -2.74. The third-order valence-electron chi connectivity index (χ3n) is 5.20.